The van der Waals surface area contributed by atoms with Crippen LogP contribution >= 0.6 is 11.6 Å². The molecule has 8 heteroatoms. The maximum absolute atomic E-state index is 6.08. The summed E-state index contributed by atoms with van der Waals surface area (Å²) in [5, 5.41) is 0.554. The monoisotopic (exact) mass is 358 g/mol. The van der Waals surface area contributed by atoms with E-state index in [1.54, 1.807) is 31.1 Å². The number of ether oxygens (including phenoxy) is 1. The third-order valence-corrected chi connectivity index (χ3v) is 4.89. The van der Waals surface area contributed by atoms with Gasteiger partial charge in [0.05, 0.1) is 12.9 Å². The van der Waals surface area contributed by atoms with Crippen molar-refractivity contribution in [3.63, 3.8) is 0 Å². The van der Waals surface area contributed by atoms with E-state index in [1.165, 1.54) is 0 Å². The quantitative estimate of drug-likeness (QED) is 0.714. The highest BCUT2D eigenvalue weighted by atomic mass is 35.5. The Morgan fingerprint density at radius 1 is 1.24 bits per heavy atom. The van der Waals surface area contributed by atoms with Gasteiger partial charge < -0.3 is 14.2 Å². The fourth-order valence-electron chi connectivity index (χ4n) is 3.16. The summed E-state index contributed by atoms with van der Waals surface area (Å²) < 4.78 is 7.78. The molecule has 1 fully saturated rings. The van der Waals surface area contributed by atoms with E-state index in [0.717, 1.165) is 42.9 Å². The van der Waals surface area contributed by atoms with E-state index in [9.17, 15) is 0 Å². The Bertz CT molecular complexity index is 874. The van der Waals surface area contributed by atoms with Gasteiger partial charge in [0.25, 0.3) is 0 Å². The molecule has 1 saturated heterocycles. The van der Waals surface area contributed by atoms with Gasteiger partial charge in [0.15, 0.2) is 17.0 Å². The fourth-order valence-corrected chi connectivity index (χ4v) is 3.34. The van der Waals surface area contributed by atoms with Gasteiger partial charge in [-0.15, -0.1) is 0 Å². The Morgan fingerprint density at radius 3 is 2.88 bits per heavy atom. The second kappa shape index (κ2) is 6.84. The zero-order chi connectivity index (χ0) is 17.2. The second-order valence-corrected chi connectivity index (χ2v) is 6.68. The average Bonchev–Trinajstić information content (AvgIpc) is 3.03. The van der Waals surface area contributed by atoms with E-state index in [4.69, 9.17) is 16.3 Å². The molecule has 0 N–H and O–H groups in total. The smallest absolute Gasteiger partial charge is 0.165 e. The van der Waals surface area contributed by atoms with Crippen molar-refractivity contribution in [3.8, 4) is 5.75 Å². The van der Waals surface area contributed by atoms with E-state index in [-0.39, 0.29) is 0 Å². The van der Waals surface area contributed by atoms with E-state index in [2.05, 4.69) is 24.8 Å². The first-order chi connectivity index (χ1) is 12.2. The SMILES string of the molecule is Cn1cnc2c(N3CCC(COc4ccncc4Cl)CC3)ncnc21. The average molecular weight is 359 g/mol. The second-order valence-electron chi connectivity index (χ2n) is 6.27. The topological polar surface area (TPSA) is 69.0 Å². The molecular formula is C17H19ClN6O. The van der Waals surface area contributed by atoms with Gasteiger partial charge in [-0.2, -0.15) is 0 Å². The highest BCUT2D eigenvalue weighted by molar-refractivity contribution is 6.31. The number of hydrogen-bond acceptors (Lipinski definition) is 6. The van der Waals surface area contributed by atoms with Gasteiger partial charge in [-0.1, -0.05) is 11.6 Å². The number of anilines is 1. The number of rotatable bonds is 4. The lowest BCUT2D eigenvalue weighted by Gasteiger charge is -2.32. The van der Waals surface area contributed by atoms with E-state index >= 15 is 0 Å². The molecule has 0 radical (unpaired) electrons. The highest BCUT2D eigenvalue weighted by Crippen LogP contribution is 2.28. The van der Waals surface area contributed by atoms with Crippen LogP contribution in [-0.2, 0) is 7.05 Å². The molecule has 7 nitrogen and oxygen atoms in total. The molecule has 0 atom stereocenters. The number of halogens is 1. The number of aryl methyl sites for hydroxylation is 1. The first-order valence-electron chi connectivity index (χ1n) is 8.31. The zero-order valence-corrected chi connectivity index (χ0v) is 14.7. The summed E-state index contributed by atoms with van der Waals surface area (Å²) in [5.74, 6) is 2.12. The summed E-state index contributed by atoms with van der Waals surface area (Å²) in [5.41, 5.74) is 1.73. The lowest BCUT2D eigenvalue weighted by atomic mass is 9.98. The highest BCUT2D eigenvalue weighted by Gasteiger charge is 2.23. The van der Waals surface area contributed by atoms with E-state index < -0.39 is 0 Å². The van der Waals surface area contributed by atoms with Crippen LogP contribution in [0.5, 0.6) is 5.75 Å². The van der Waals surface area contributed by atoms with Gasteiger partial charge in [0.2, 0.25) is 0 Å². The van der Waals surface area contributed by atoms with Crippen molar-refractivity contribution in [2.75, 3.05) is 24.6 Å². The molecule has 4 heterocycles. The Hall–Kier alpha value is -2.41. The summed E-state index contributed by atoms with van der Waals surface area (Å²) in [4.78, 5) is 19.5. The number of piperidine rings is 1. The van der Waals surface area contributed by atoms with Gasteiger partial charge in [0, 0.05) is 38.6 Å². The van der Waals surface area contributed by atoms with Crippen LogP contribution in [0.25, 0.3) is 11.2 Å². The normalized spacial score (nSPS) is 15.7. The zero-order valence-electron chi connectivity index (χ0n) is 14.0. The Kier molecular flexibility index (Phi) is 4.40. The van der Waals surface area contributed by atoms with Crippen LogP contribution in [0.15, 0.2) is 31.1 Å². The fraction of sp³-hybridized carbons (Fsp3) is 0.412. The van der Waals surface area contributed by atoms with Crippen molar-refractivity contribution in [1.82, 2.24) is 24.5 Å². The summed E-state index contributed by atoms with van der Waals surface area (Å²) in [6.07, 6.45) is 8.77. The standard InChI is InChI=1S/C17H19ClN6O/c1-23-11-22-15-16(23)20-10-21-17(15)24-6-3-12(4-7-24)9-25-14-2-5-19-8-13(14)18/h2,5,8,10-12H,3-4,6-7,9H2,1H3. The largest absolute Gasteiger partial charge is 0.492 e. The Balaban J connectivity index is 1.39. The number of fused-ring (bicyclic) bond motifs is 1. The molecule has 1 aliphatic heterocycles. The molecule has 130 valence electrons. The number of nitrogens with zero attached hydrogens (tertiary/aromatic N) is 6. The van der Waals surface area contributed by atoms with Crippen molar-refractivity contribution in [1.29, 1.82) is 0 Å². The molecule has 0 spiro atoms. The first kappa shape index (κ1) is 16.1. The minimum absolute atomic E-state index is 0.501. The molecule has 0 unspecified atom stereocenters. The van der Waals surface area contributed by atoms with Crippen molar-refractivity contribution in [3.05, 3.63) is 36.1 Å². The lowest BCUT2D eigenvalue weighted by molar-refractivity contribution is 0.222. The van der Waals surface area contributed by atoms with Crippen molar-refractivity contribution in [2.24, 2.45) is 13.0 Å². The maximum Gasteiger partial charge on any atom is 0.165 e. The third-order valence-electron chi connectivity index (χ3n) is 4.60. The minimum Gasteiger partial charge on any atom is -0.492 e. The molecule has 3 aromatic heterocycles. The summed E-state index contributed by atoms with van der Waals surface area (Å²) in [7, 11) is 1.94. The molecule has 0 amide bonds. The van der Waals surface area contributed by atoms with Crippen LogP contribution in [0.2, 0.25) is 5.02 Å². The number of imidazole rings is 1. The molecular weight excluding hydrogens is 340 g/mol. The van der Waals surface area contributed by atoms with Gasteiger partial charge in [-0.25, -0.2) is 15.0 Å². The molecule has 4 rings (SSSR count). The van der Waals surface area contributed by atoms with Crippen molar-refractivity contribution in [2.45, 2.75) is 12.8 Å². The van der Waals surface area contributed by atoms with Crippen LogP contribution in [0.1, 0.15) is 12.8 Å². The number of aromatic nitrogens is 5. The number of hydrogen-bond donors (Lipinski definition) is 0. The van der Waals surface area contributed by atoms with E-state index in [0.29, 0.717) is 23.3 Å². The maximum atomic E-state index is 6.08. The summed E-state index contributed by atoms with van der Waals surface area (Å²) >= 11 is 6.08. The molecule has 25 heavy (non-hydrogen) atoms. The van der Waals surface area contributed by atoms with Crippen LogP contribution < -0.4 is 9.64 Å². The molecule has 0 aromatic carbocycles. The molecule has 0 bridgehead atoms. The van der Waals surface area contributed by atoms with Crippen LogP contribution in [-0.4, -0.2) is 44.2 Å². The number of pyridine rings is 1. The Labute approximate surface area is 150 Å². The molecule has 0 aliphatic carbocycles. The predicted molar refractivity (Wildman–Crippen MR) is 96.0 cm³/mol. The van der Waals surface area contributed by atoms with Crippen LogP contribution in [0, 0.1) is 5.92 Å². The summed E-state index contributed by atoms with van der Waals surface area (Å²) in [6, 6.07) is 1.80. The van der Waals surface area contributed by atoms with Gasteiger partial charge in [-0.3, -0.25) is 4.98 Å². The third kappa shape index (κ3) is 3.24. The summed E-state index contributed by atoms with van der Waals surface area (Å²) in [6.45, 7) is 2.53. The molecule has 3 aromatic rings. The van der Waals surface area contributed by atoms with Gasteiger partial charge in [-0.05, 0) is 18.8 Å². The van der Waals surface area contributed by atoms with Crippen LogP contribution in [0.3, 0.4) is 0 Å². The van der Waals surface area contributed by atoms with Gasteiger partial charge in [0.1, 0.15) is 17.1 Å². The van der Waals surface area contributed by atoms with Gasteiger partial charge >= 0.3 is 0 Å². The first-order valence-corrected chi connectivity index (χ1v) is 8.69. The Morgan fingerprint density at radius 2 is 2.08 bits per heavy atom. The van der Waals surface area contributed by atoms with E-state index in [1.807, 2.05) is 11.6 Å². The lowest BCUT2D eigenvalue weighted by Crippen LogP contribution is -2.36. The molecule has 1 aliphatic rings. The molecule has 0 saturated carbocycles. The predicted octanol–water partition coefficient (Wildman–Crippen LogP) is 2.71. The van der Waals surface area contributed by atoms with Crippen molar-refractivity contribution < 1.29 is 4.74 Å². The minimum atomic E-state index is 0.501. The van der Waals surface area contributed by atoms with Crippen molar-refractivity contribution >= 4 is 28.6 Å². The van der Waals surface area contributed by atoms with Crippen LogP contribution in [0.4, 0.5) is 5.82 Å².